The normalized spacial score (nSPS) is 13.4. The van der Waals surface area contributed by atoms with Crippen LogP contribution < -0.4 is 10.1 Å². The predicted molar refractivity (Wildman–Crippen MR) is 110 cm³/mol. The Labute approximate surface area is 178 Å². The number of rotatable bonds is 7. The van der Waals surface area contributed by atoms with Crippen LogP contribution in [-0.4, -0.2) is 39.5 Å². The fourth-order valence-electron chi connectivity index (χ4n) is 3.57. The molecule has 2 N–H and O–H groups in total. The van der Waals surface area contributed by atoms with Gasteiger partial charge in [0.1, 0.15) is 18.2 Å². The largest absolute Gasteiger partial charge is 0.480 e. The molecule has 31 heavy (non-hydrogen) atoms. The molecule has 0 fully saturated rings. The van der Waals surface area contributed by atoms with E-state index >= 15 is 0 Å². The van der Waals surface area contributed by atoms with Gasteiger partial charge >= 0.3 is 5.97 Å². The van der Waals surface area contributed by atoms with Gasteiger partial charge in [0.15, 0.2) is 5.82 Å². The van der Waals surface area contributed by atoms with E-state index in [4.69, 9.17) is 14.7 Å². The number of methoxy groups -OCH3 is 1. The van der Waals surface area contributed by atoms with Gasteiger partial charge in [0.25, 0.3) is 0 Å². The molecule has 2 aromatic heterocycles. The summed E-state index contributed by atoms with van der Waals surface area (Å²) in [5.41, 5.74) is 4.32. The Morgan fingerprint density at radius 1 is 1.39 bits per heavy atom. The Morgan fingerprint density at radius 2 is 2.23 bits per heavy atom. The first kappa shape index (κ1) is 20.5. The van der Waals surface area contributed by atoms with Crippen molar-refractivity contribution < 1.29 is 19.4 Å². The molecular formula is C22H21N5O4. The summed E-state index contributed by atoms with van der Waals surface area (Å²) < 4.78 is 11.8. The number of benzene rings is 1. The lowest BCUT2D eigenvalue weighted by molar-refractivity contribution is 0.0535. The maximum absolute atomic E-state index is 11.7. The van der Waals surface area contributed by atoms with E-state index < -0.39 is 6.10 Å². The molecule has 1 atom stereocenters. The van der Waals surface area contributed by atoms with Gasteiger partial charge in [0.05, 0.1) is 25.0 Å². The number of carbonyl (C=O) groups is 1. The van der Waals surface area contributed by atoms with E-state index in [1.807, 2.05) is 19.2 Å². The van der Waals surface area contributed by atoms with Crippen LogP contribution in [0.3, 0.4) is 0 Å². The Balaban J connectivity index is 1.39. The Kier molecular flexibility index (Phi) is 5.66. The number of ether oxygens (including phenoxy) is 2. The second kappa shape index (κ2) is 8.55. The number of hydrogen-bond donors (Lipinski definition) is 2. The van der Waals surface area contributed by atoms with Crippen LogP contribution in [-0.2, 0) is 17.9 Å². The highest BCUT2D eigenvalue weighted by Gasteiger charge is 2.25. The monoisotopic (exact) mass is 419 g/mol. The Morgan fingerprint density at radius 3 is 3.00 bits per heavy atom. The van der Waals surface area contributed by atoms with Gasteiger partial charge in [-0.25, -0.2) is 9.48 Å². The first-order valence-electron chi connectivity index (χ1n) is 9.69. The number of aromatic nitrogens is 3. The van der Waals surface area contributed by atoms with Crippen LogP contribution in [0.15, 0.2) is 36.7 Å². The summed E-state index contributed by atoms with van der Waals surface area (Å²) in [7, 11) is 1.46. The number of hydrogen-bond acceptors (Lipinski definition) is 8. The molecule has 0 saturated carbocycles. The second-order valence-electron chi connectivity index (χ2n) is 7.16. The van der Waals surface area contributed by atoms with E-state index in [0.717, 1.165) is 22.3 Å². The number of nitrogens with zero attached hydrogens (tertiary/aromatic N) is 4. The van der Waals surface area contributed by atoms with Crippen molar-refractivity contribution in [2.24, 2.45) is 0 Å². The summed E-state index contributed by atoms with van der Waals surface area (Å²) in [6.07, 6.45) is 2.80. The zero-order chi connectivity index (χ0) is 22.0. The third kappa shape index (κ3) is 3.99. The summed E-state index contributed by atoms with van der Waals surface area (Å²) in [5, 5.41) is 27.2. The van der Waals surface area contributed by atoms with Gasteiger partial charge in [-0.3, -0.25) is 0 Å². The molecule has 0 bridgehead atoms. The molecule has 1 aliphatic rings. The molecule has 0 saturated heterocycles. The first-order chi connectivity index (χ1) is 15.0. The topological polar surface area (TPSA) is 122 Å². The third-order valence-electron chi connectivity index (χ3n) is 5.26. The number of nitrogens with one attached hydrogen (secondary N) is 1. The SMILES string of the molecule is COc1nc(-n2cc(CNCC(O)c3ccc4c(c3C)COC4=O)cn2)ccc1C#N. The molecule has 9 nitrogen and oxygen atoms in total. The number of cyclic esters (lactones) is 1. The van der Waals surface area contributed by atoms with Gasteiger partial charge in [-0.2, -0.15) is 15.3 Å². The van der Waals surface area contributed by atoms with Crippen LogP contribution in [0.4, 0.5) is 0 Å². The van der Waals surface area contributed by atoms with Crippen LogP contribution in [0, 0.1) is 18.3 Å². The highest BCUT2D eigenvalue weighted by atomic mass is 16.5. The number of aliphatic hydroxyl groups is 1. The quantitative estimate of drug-likeness (QED) is 0.557. The molecule has 4 rings (SSSR count). The van der Waals surface area contributed by atoms with E-state index in [9.17, 15) is 9.90 Å². The zero-order valence-corrected chi connectivity index (χ0v) is 17.1. The average Bonchev–Trinajstić information content (AvgIpc) is 3.41. The van der Waals surface area contributed by atoms with Gasteiger partial charge < -0.3 is 19.9 Å². The zero-order valence-electron chi connectivity index (χ0n) is 17.1. The van der Waals surface area contributed by atoms with Crippen LogP contribution in [0.5, 0.6) is 5.88 Å². The Hall–Kier alpha value is -3.74. The molecular weight excluding hydrogens is 398 g/mol. The molecule has 0 amide bonds. The maximum atomic E-state index is 11.7. The van der Waals surface area contributed by atoms with Crippen molar-refractivity contribution in [2.75, 3.05) is 13.7 Å². The summed E-state index contributed by atoms with van der Waals surface area (Å²) >= 11 is 0. The number of esters is 1. The molecule has 1 aliphatic heterocycles. The number of pyridine rings is 1. The summed E-state index contributed by atoms with van der Waals surface area (Å²) in [5.74, 6) is 0.464. The predicted octanol–water partition coefficient (Wildman–Crippen LogP) is 1.95. The lowest BCUT2D eigenvalue weighted by Crippen LogP contribution is -2.21. The third-order valence-corrected chi connectivity index (χ3v) is 5.26. The second-order valence-corrected chi connectivity index (χ2v) is 7.16. The van der Waals surface area contributed by atoms with E-state index in [-0.39, 0.29) is 18.5 Å². The van der Waals surface area contributed by atoms with Gasteiger partial charge in [-0.05, 0) is 36.2 Å². The van der Waals surface area contributed by atoms with Gasteiger partial charge in [-0.1, -0.05) is 6.07 Å². The minimum absolute atomic E-state index is 0.245. The molecule has 0 aliphatic carbocycles. The van der Waals surface area contributed by atoms with Crippen LogP contribution >= 0.6 is 0 Å². The number of nitriles is 1. The van der Waals surface area contributed by atoms with Crippen LogP contribution in [0.2, 0.25) is 0 Å². The summed E-state index contributed by atoms with van der Waals surface area (Å²) in [6, 6.07) is 8.84. The minimum Gasteiger partial charge on any atom is -0.480 e. The summed E-state index contributed by atoms with van der Waals surface area (Å²) in [6.45, 7) is 2.97. The summed E-state index contributed by atoms with van der Waals surface area (Å²) in [4.78, 5) is 16.0. The molecule has 3 aromatic rings. The molecule has 9 heteroatoms. The molecule has 0 radical (unpaired) electrons. The van der Waals surface area contributed by atoms with Crippen molar-refractivity contribution in [1.29, 1.82) is 5.26 Å². The van der Waals surface area contributed by atoms with Crippen LogP contribution in [0.25, 0.3) is 5.82 Å². The van der Waals surface area contributed by atoms with Gasteiger partial charge in [-0.15, -0.1) is 0 Å². The molecule has 0 spiro atoms. The fourth-order valence-corrected chi connectivity index (χ4v) is 3.57. The number of aliphatic hydroxyl groups excluding tert-OH is 1. The van der Waals surface area contributed by atoms with Crippen molar-refractivity contribution in [3.63, 3.8) is 0 Å². The van der Waals surface area contributed by atoms with Gasteiger partial charge in [0.2, 0.25) is 5.88 Å². The fraction of sp³-hybridized carbons (Fsp3) is 0.273. The molecule has 1 aromatic carbocycles. The molecule has 158 valence electrons. The van der Waals surface area contributed by atoms with Crippen molar-refractivity contribution in [1.82, 2.24) is 20.1 Å². The van der Waals surface area contributed by atoms with Crippen molar-refractivity contribution in [2.45, 2.75) is 26.2 Å². The Bertz CT molecular complexity index is 1180. The van der Waals surface area contributed by atoms with Crippen LogP contribution in [0.1, 0.15) is 44.3 Å². The van der Waals surface area contributed by atoms with E-state index in [0.29, 0.717) is 30.0 Å². The van der Waals surface area contributed by atoms with Crippen molar-refractivity contribution >= 4 is 5.97 Å². The van der Waals surface area contributed by atoms with Crippen molar-refractivity contribution in [3.8, 4) is 17.8 Å². The first-order valence-corrected chi connectivity index (χ1v) is 9.69. The van der Waals surface area contributed by atoms with Crippen molar-refractivity contribution in [3.05, 3.63) is 70.0 Å². The molecule has 3 heterocycles. The smallest absolute Gasteiger partial charge is 0.338 e. The highest BCUT2D eigenvalue weighted by Crippen LogP contribution is 2.28. The molecule has 1 unspecified atom stereocenters. The lowest BCUT2D eigenvalue weighted by Gasteiger charge is -2.16. The minimum atomic E-state index is -0.722. The average molecular weight is 419 g/mol. The lowest BCUT2D eigenvalue weighted by atomic mass is 9.95. The number of fused-ring (bicyclic) bond motifs is 1. The standard InChI is InChI=1S/C22H21N5O4/c1-13-16(4-5-17-18(13)12-31-22(17)29)19(28)10-24-8-14-9-25-27(11-14)20-6-3-15(7-23)21(26-20)30-2/h3-6,9,11,19,24,28H,8,10,12H2,1-2H3. The van der Waals surface area contributed by atoms with E-state index in [1.54, 1.807) is 35.1 Å². The number of carbonyl (C=O) groups excluding carboxylic acids is 1. The maximum Gasteiger partial charge on any atom is 0.338 e. The van der Waals surface area contributed by atoms with Gasteiger partial charge in [0, 0.05) is 30.4 Å². The highest BCUT2D eigenvalue weighted by molar-refractivity contribution is 5.93. The van der Waals surface area contributed by atoms with E-state index in [2.05, 4.69) is 15.4 Å². The van der Waals surface area contributed by atoms with E-state index in [1.165, 1.54) is 7.11 Å².